The zero-order valence-corrected chi connectivity index (χ0v) is 27.0. The molecular formula is C45H42N2. The number of hydrogen-bond donors (Lipinski definition) is 0. The van der Waals surface area contributed by atoms with Crippen molar-refractivity contribution in [2.75, 3.05) is 9.80 Å². The minimum absolute atomic E-state index is 0.225. The van der Waals surface area contributed by atoms with Gasteiger partial charge in [-0.25, -0.2) is 0 Å². The standard InChI is InChI=1S/C45H42N2/c1-3-19-38(20-4-1)46(44-26-12-17-36-14-7-9-24-42(36)44)40-23-11-16-34(28-31-40)35-29-32-41(33-30-35)47(39-21-5-2-6-22-39)45-27-13-18-37-15-8-10-25-43(37)45/h1-5,7-12,14-16,19-21,24-34,36,40H,6,13,17-18,22-23H2. The normalized spacial score (nSPS) is 22.7. The van der Waals surface area contributed by atoms with Crippen molar-refractivity contribution in [3.63, 3.8) is 0 Å². The fourth-order valence-electron chi connectivity index (χ4n) is 7.73. The molecule has 0 saturated carbocycles. The van der Waals surface area contributed by atoms with Crippen LogP contribution in [0, 0.1) is 5.92 Å². The third kappa shape index (κ3) is 5.97. The van der Waals surface area contributed by atoms with E-state index < -0.39 is 0 Å². The first-order valence-corrected chi connectivity index (χ1v) is 17.3. The average Bonchev–Trinajstić information content (AvgIpc) is 3.40. The molecule has 0 N–H and O–H groups in total. The number of para-hydroxylation sites is 1. The molecule has 0 radical (unpaired) electrons. The summed E-state index contributed by atoms with van der Waals surface area (Å²) in [5.74, 6) is 0.678. The van der Waals surface area contributed by atoms with Crippen molar-refractivity contribution >= 4 is 17.1 Å². The molecule has 0 saturated heterocycles. The quantitative estimate of drug-likeness (QED) is 0.246. The number of rotatable bonds is 7. The summed E-state index contributed by atoms with van der Waals surface area (Å²) < 4.78 is 0. The van der Waals surface area contributed by atoms with Crippen molar-refractivity contribution in [1.82, 2.24) is 0 Å². The molecule has 0 heterocycles. The van der Waals surface area contributed by atoms with Crippen molar-refractivity contribution in [3.05, 3.63) is 198 Å². The molecule has 0 fully saturated rings. The van der Waals surface area contributed by atoms with Gasteiger partial charge in [-0.1, -0.05) is 128 Å². The molecule has 0 aliphatic heterocycles. The topological polar surface area (TPSA) is 6.48 Å². The Hall–Kier alpha value is -5.08. The number of benzene rings is 3. The van der Waals surface area contributed by atoms with E-state index in [2.05, 4.69) is 174 Å². The van der Waals surface area contributed by atoms with Crippen LogP contribution in [0.25, 0.3) is 5.70 Å². The zero-order chi connectivity index (χ0) is 31.4. The molecule has 47 heavy (non-hydrogen) atoms. The zero-order valence-electron chi connectivity index (χ0n) is 27.0. The van der Waals surface area contributed by atoms with E-state index in [0.717, 1.165) is 38.5 Å². The monoisotopic (exact) mass is 610 g/mol. The minimum Gasteiger partial charge on any atom is -0.334 e. The van der Waals surface area contributed by atoms with Gasteiger partial charge in [-0.15, -0.1) is 0 Å². The highest BCUT2D eigenvalue weighted by molar-refractivity contribution is 5.85. The highest BCUT2D eigenvalue weighted by atomic mass is 15.2. The molecule has 3 aromatic rings. The van der Waals surface area contributed by atoms with Crippen LogP contribution in [0.1, 0.15) is 54.7 Å². The van der Waals surface area contributed by atoms with Crippen molar-refractivity contribution in [2.24, 2.45) is 5.92 Å². The van der Waals surface area contributed by atoms with Gasteiger partial charge in [0.05, 0.1) is 6.04 Å². The summed E-state index contributed by atoms with van der Waals surface area (Å²) in [5.41, 5.74) is 12.0. The van der Waals surface area contributed by atoms with E-state index >= 15 is 0 Å². The largest absolute Gasteiger partial charge is 0.334 e. The maximum Gasteiger partial charge on any atom is 0.0557 e. The van der Waals surface area contributed by atoms with Gasteiger partial charge in [-0.3, -0.25) is 0 Å². The summed E-state index contributed by atoms with van der Waals surface area (Å²) in [6.45, 7) is 0. The lowest BCUT2D eigenvalue weighted by atomic mass is 9.85. The maximum absolute atomic E-state index is 2.55. The summed E-state index contributed by atoms with van der Waals surface area (Å²) in [5, 5.41) is 0. The van der Waals surface area contributed by atoms with Gasteiger partial charge in [0.25, 0.3) is 0 Å². The summed E-state index contributed by atoms with van der Waals surface area (Å²) in [6, 6.07) is 29.4. The first kappa shape index (κ1) is 29.3. The number of fused-ring (bicyclic) bond motifs is 2. The lowest BCUT2D eigenvalue weighted by Crippen LogP contribution is -2.34. The minimum atomic E-state index is 0.225. The summed E-state index contributed by atoms with van der Waals surface area (Å²) in [6.07, 6.45) is 38.9. The molecule has 0 amide bonds. The predicted octanol–water partition coefficient (Wildman–Crippen LogP) is 11.1. The van der Waals surface area contributed by atoms with Crippen LogP contribution in [0.5, 0.6) is 0 Å². The summed E-state index contributed by atoms with van der Waals surface area (Å²) >= 11 is 0. The first-order chi connectivity index (χ1) is 23.3. The average molecular weight is 611 g/mol. The molecule has 5 aliphatic carbocycles. The van der Waals surface area contributed by atoms with Crippen LogP contribution in [0.2, 0.25) is 0 Å². The third-order valence-corrected chi connectivity index (χ3v) is 10.1. The molecule has 232 valence electrons. The lowest BCUT2D eigenvalue weighted by Gasteiger charge is -2.36. The molecule has 3 aromatic carbocycles. The van der Waals surface area contributed by atoms with E-state index in [1.54, 1.807) is 0 Å². The number of anilines is 2. The smallest absolute Gasteiger partial charge is 0.0557 e. The fraction of sp³-hybridized carbons (Fsp3) is 0.200. The van der Waals surface area contributed by atoms with Crippen LogP contribution >= 0.6 is 0 Å². The Morgan fingerprint density at radius 2 is 1.49 bits per heavy atom. The molecular weight excluding hydrogens is 569 g/mol. The van der Waals surface area contributed by atoms with E-state index in [9.17, 15) is 0 Å². The van der Waals surface area contributed by atoms with Crippen LogP contribution in [0.4, 0.5) is 11.4 Å². The number of allylic oxidation sites excluding steroid dienone is 14. The van der Waals surface area contributed by atoms with Gasteiger partial charge < -0.3 is 9.80 Å². The van der Waals surface area contributed by atoms with Crippen molar-refractivity contribution < 1.29 is 0 Å². The molecule has 0 aromatic heterocycles. The molecule has 3 unspecified atom stereocenters. The van der Waals surface area contributed by atoms with Crippen LogP contribution in [-0.4, -0.2) is 6.04 Å². The van der Waals surface area contributed by atoms with Gasteiger partial charge in [0.2, 0.25) is 0 Å². The van der Waals surface area contributed by atoms with Gasteiger partial charge >= 0.3 is 0 Å². The second-order valence-corrected chi connectivity index (χ2v) is 13.0. The number of aryl methyl sites for hydroxylation is 1. The Labute approximate surface area is 280 Å². The molecule has 2 nitrogen and oxygen atoms in total. The Kier molecular flexibility index (Phi) is 8.32. The molecule has 2 heteroatoms. The van der Waals surface area contributed by atoms with Crippen molar-refractivity contribution in [1.29, 1.82) is 0 Å². The fourth-order valence-corrected chi connectivity index (χ4v) is 7.73. The predicted molar refractivity (Wildman–Crippen MR) is 199 cm³/mol. The van der Waals surface area contributed by atoms with Crippen LogP contribution in [-0.2, 0) is 6.42 Å². The molecule has 0 bridgehead atoms. The van der Waals surface area contributed by atoms with Gasteiger partial charge in [-0.2, -0.15) is 0 Å². The Morgan fingerprint density at radius 1 is 0.617 bits per heavy atom. The van der Waals surface area contributed by atoms with Crippen LogP contribution in [0.3, 0.4) is 0 Å². The molecule has 0 spiro atoms. The van der Waals surface area contributed by atoms with Crippen LogP contribution in [0.15, 0.2) is 181 Å². The molecule has 8 rings (SSSR count). The Balaban J connectivity index is 1.10. The lowest BCUT2D eigenvalue weighted by molar-refractivity contribution is 0.717. The maximum atomic E-state index is 2.55. The van der Waals surface area contributed by atoms with E-state index in [1.165, 1.54) is 50.7 Å². The molecule has 5 aliphatic rings. The van der Waals surface area contributed by atoms with E-state index in [1.807, 2.05) is 0 Å². The SMILES string of the molecule is C1=CCCC(N(C2=CCCc3ccccc32)c2ccc(C3C=CCC(N(C4=C5C=CC=CC5CC=C4)c4ccccc4)C=C3)cc2)=C1. The van der Waals surface area contributed by atoms with Crippen molar-refractivity contribution in [2.45, 2.75) is 50.5 Å². The van der Waals surface area contributed by atoms with Gasteiger partial charge in [0.1, 0.15) is 0 Å². The molecule has 3 atom stereocenters. The third-order valence-electron chi connectivity index (χ3n) is 10.1. The number of hydrogen-bond acceptors (Lipinski definition) is 2. The van der Waals surface area contributed by atoms with Gasteiger partial charge in [0, 0.05) is 45.9 Å². The number of nitrogens with zero attached hydrogens (tertiary/aromatic N) is 2. The second kappa shape index (κ2) is 13.3. The summed E-state index contributed by atoms with van der Waals surface area (Å²) in [7, 11) is 0. The highest BCUT2D eigenvalue weighted by Gasteiger charge is 2.27. The van der Waals surface area contributed by atoms with Gasteiger partial charge in [-0.05, 0) is 91.6 Å². The van der Waals surface area contributed by atoms with E-state index in [-0.39, 0.29) is 12.0 Å². The Morgan fingerprint density at radius 3 is 2.36 bits per heavy atom. The Bertz CT molecular complexity index is 1890. The van der Waals surface area contributed by atoms with Gasteiger partial charge in [0.15, 0.2) is 0 Å². The summed E-state index contributed by atoms with van der Waals surface area (Å²) in [4.78, 5) is 5.06. The first-order valence-electron chi connectivity index (χ1n) is 17.3. The highest BCUT2D eigenvalue weighted by Crippen LogP contribution is 2.39. The van der Waals surface area contributed by atoms with E-state index in [4.69, 9.17) is 0 Å². The van der Waals surface area contributed by atoms with Crippen LogP contribution < -0.4 is 9.80 Å². The second-order valence-electron chi connectivity index (χ2n) is 13.0. The van der Waals surface area contributed by atoms with Crippen molar-refractivity contribution in [3.8, 4) is 0 Å². The van der Waals surface area contributed by atoms with E-state index in [0.29, 0.717) is 5.92 Å².